The molecular weight excluding hydrogens is 220 g/mol. The number of nitrogens with one attached hydrogen (secondary N) is 1. The van der Waals surface area contributed by atoms with Crippen LogP contribution in [0.3, 0.4) is 0 Å². The van der Waals surface area contributed by atoms with E-state index >= 15 is 0 Å². The maximum absolute atomic E-state index is 11.1. The fourth-order valence-corrected chi connectivity index (χ4v) is 1.07. The second-order valence-corrected chi connectivity index (χ2v) is 3.21. The molecule has 0 aliphatic heterocycles. The molecule has 1 aromatic carbocycles. The van der Waals surface area contributed by atoms with Gasteiger partial charge in [0.1, 0.15) is 0 Å². The van der Waals surface area contributed by atoms with Gasteiger partial charge in [-0.3, -0.25) is 4.79 Å². The van der Waals surface area contributed by atoms with Crippen LogP contribution in [-0.2, 0) is 9.59 Å². The molecule has 0 heterocycles. The molecule has 0 spiro atoms. The maximum atomic E-state index is 11.1. The lowest BCUT2D eigenvalue weighted by molar-refractivity contribution is -0.131. The first-order valence-electron chi connectivity index (χ1n) is 4.90. The van der Waals surface area contributed by atoms with Crippen molar-refractivity contribution in [3.63, 3.8) is 0 Å². The van der Waals surface area contributed by atoms with Gasteiger partial charge in [-0.15, -0.1) is 0 Å². The van der Waals surface area contributed by atoms with Crippen LogP contribution in [0.4, 0.5) is 0 Å². The van der Waals surface area contributed by atoms with E-state index in [1.807, 2.05) is 30.3 Å². The Bertz CT molecular complexity index is 464. The summed E-state index contributed by atoms with van der Waals surface area (Å²) >= 11 is 0. The number of hydrogen-bond donors (Lipinski definition) is 2. The van der Waals surface area contributed by atoms with Crippen LogP contribution in [0.1, 0.15) is 12.5 Å². The molecule has 1 amide bonds. The minimum Gasteiger partial charge on any atom is -0.478 e. The minimum atomic E-state index is -1.18. The van der Waals surface area contributed by atoms with Gasteiger partial charge >= 0.3 is 5.97 Å². The van der Waals surface area contributed by atoms with E-state index in [0.717, 1.165) is 17.7 Å². The van der Waals surface area contributed by atoms with Crippen LogP contribution >= 0.6 is 0 Å². The summed E-state index contributed by atoms with van der Waals surface area (Å²) in [6.07, 6.45) is 1.66. The number of benzene rings is 1. The first-order valence-corrected chi connectivity index (χ1v) is 4.90. The molecule has 17 heavy (non-hydrogen) atoms. The molecular formula is C12H12N2O3. The number of amides is 1. The third-order valence-electron chi connectivity index (χ3n) is 1.90. The molecule has 0 unspecified atom stereocenters. The van der Waals surface area contributed by atoms with Gasteiger partial charge in [0.2, 0.25) is 0 Å². The zero-order valence-corrected chi connectivity index (χ0v) is 9.25. The van der Waals surface area contributed by atoms with E-state index in [1.54, 1.807) is 6.92 Å². The molecule has 0 saturated carbocycles. The van der Waals surface area contributed by atoms with Crippen LogP contribution in [0.15, 0.2) is 47.6 Å². The fraction of sp³-hybridized carbons (Fsp3) is 0.0833. The van der Waals surface area contributed by atoms with Gasteiger partial charge in [0.25, 0.3) is 5.91 Å². The molecule has 0 atom stereocenters. The number of hydrazone groups is 1. The highest BCUT2D eigenvalue weighted by Crippen LogP contribution is 1.99. The van der Waals surface area contributed by atoms with Gasteiger partial charge in [-0.25, -0.2) is 10.2 Å². The van der Waals surface area contributed by atoms with Gasteiger partial charge in [0.05, 0.1) is 5.71 Å². The minimum absolute atomic E-state index is 0.581. The van der Waals surface area contributed by atoms with E-state index in [1.165, 1.54) is 0 Å². The smallest absolute Gasteiger partial charge is 0.328 e. The molecule has 2 N–H and O–H groups in total. The molecule has 0 radical (unpaired) electrons. The third-order valence-corrected chi connectivity index (χ3v) is 1.90. The molecule has 0 aromatic heterocycles. The van der Waals surface area contributed by atoms with E-state index in [2.05, 4.69) is 10.5 Å². The Hall–Kier alpha value is -2.43. The average Bonchev–Trinajstić information content (AvgIpc) is 2.34. The van der Waals surface area contributed by atoms with Crippen molar-refractivity contribution in [1.29, 1.82) is 0 Å². The fourth-order valence-electron chi connectivity index (χ4n) is 1.07. The molecule has 0 aliphatic rings. The summed E-state index contributed by atoms with van der Waals surface area (Å²) in [6, 6.07) is 9.32. The normalized spacial score (nSPS) is 11.5. The summed E-state index contributed by atoms with van der Waals surface area (Å²) in [5.41, 5.74) is 3.76. The number of carbonyl (C=O) groups is 2. The molecule has 5 nitrogen and oxygen atoms in total. The van der Waals surface area contributed by atoms with Crippen LogP contribution in [-0.4, -0.2) is 22.7 Å². The van der Waals surface area contributed by atoms with Crippen molar-refractivity contribution in [1.82, 2.24) is 5.43 Å². The molecule has 88 valence electrons. The molecule has 0 saturated heterocycles. The number of nitrogens with zero attached hydrogens (tertiary/aromatic N) is 1. The lowest BCUT2D eigenvalue weighted by atomic mass is 10.1. The van der Waals surface area contributed by atoms with Crippen molar-refractivity contribution in [2.24, 2.45) is 5.10 Å². The summed E-state index contributed by atoms with van der Waals surface area (Å²) in [6.45, 7) is 1.75. The van der Waals surface area contributed by atoms with Gasteiger partial charge in [-0.05, 0) is 12.5 Å². The van der Waals surface area contributed by atoms with Crippen molar-refractivity contribution in [2.45, 2.75) is 6.92 Å². The Morgan fingerprint density at radius 2 is 1.88 bits per heavy atom. The molecule has 0 fully saturated rings. The van der Waals surface area contributed by atoms with Gasteiger partial charge in [-0.1, -0.05) is 30.3 Å². The van der Waals surface area contributed by atoms with Crippen molar-refractivity contribution >= 4 is 17.6 Å². The van der Waals surface area contributed by atoms with E-state index in [4.69, 9.17) is 5.11 Å². The number of aliphatic carboxylic acids is 1. The first-order chi connectivity index (χ1) is 8.09. The number of carboxylic acid groups (broad SMARTS) is 1. The van der Waals surface area contributed by atoms with Crippen molar-refractivity contribution in [3.8, 4) is 0 Å². The zero-order chi connectivity index (χ0) is 12.7. The Balaban J connectivity index is 2.60. The van der Waals surface area contributed by atoms with Crippen LogP contribution < -0.4 is 5.43 Å². The second kappa shape index (κ2) is 6.22. The predicted molar refractivity (Wildman–Crippen MR) is 63.6 cm³/mol. The molecule has 1 rings (SSSR count). The summed E-state index contributed by atoms with van der Waals surface area (Å²) in [7, 11) is 0. The van der Waals surface area contributed by atoms with E-state index in [0.29, 0.717) is 5.71 Å². The Labute approximate surface area is 98.5 Å². The number of carbonyl (C=O) groups excluding carboxylic acids is 1. The number of rotatable bonds is 4. The van der Waals surface area contributed by atoms with Crippen LogP contribution in [0.2, 0.25) is 0 Å². The Morgan fingerprint density at radius 1 is 1.24 bits per heavy atom. The molecule has 5 heteroatoms. The average molecular weight is 232 g/mol. The third kappa shape index (κ3) is 4.74. The highest BCUT2D eigenvalue weighted by atomic mass is 16.4. The van der Waals surface area contributed by atoms with Crippen LogP contribution in [0.25, 0.3) is 0 Å². The summed E-state index contributed by atoms with van der Waals surface area (Å²) in [5.74, 6) is -1.76. The predicted octanol–water partition coefficient (Wildman–Crippen LogP) is 1.17. The zero-order valence-electron chi connectivity index (χ0n) is 9.25. The van der Waals surface area contributed by atoms with Crippen molar-refractivity contribution in [3.05, 3.63) is 48.0 Å². The standard InChI is InChI=1S/C12H12N2O3/c1-9(10-5-3-2-4-6-10)13-14-11(15)7-8-12(16)17/h2-8H,1H3,(H,14,15)(H,16,17)/b8-7-,13-9+. The maximum Gasteiger partial charge on any atom is 0.328 e. The lowest BCUT2D eigenvalue weighted by Gasteiger charge is -2.00. The van der Waals surface area contributed by atoms with E-state index in [-0.39, 0.29) is 0 Å². The number of hydrogen-bond acceptors (Lipinski definition) is 3. The van der Waals surface area contributed by atoms with E-state index < -0.39 is 11.9 Å². The molecule has 0 aliphatic carbocycles. The monoisotopic (exact) mass is 232 g/mol. The van der Waals surface area contributed by atoms with E-state index in [9.17, 15) is 9.59 Å². The largest absolute Gasteiger partial charge is 0.478 e. The van der Waals surface area contributed by atoms with Gasteiger partial charge in [-0.2, -0.15) is 5.10 Å². The highest BCUT2D eigenvalue weighted by molar-refractivity contribution is 6.00. The van der Waals surface area contributed by atoms with Crippen molar-refractivity contribution in [2.75, 3.05) is 0 Å². The molecule has 0 bridgehead atoms. The van der Waals surface area contributed by atoms with Crippen LogP contribution in [0.5, 0.6) is 0 Å². The lowest BCUT2D eigenvalue weighted by Crippen LogP contribution is -2.16. The topological polar surface area (TPSA) is 78.8 Å². The number of carboxylic acids is 1. The van der Waals surface area contributed by atoms with Crippen LogP contribution in [0, 0.1) is 0 Å². The SMILES string of the molecule is C/C(=N\NC(=O)/C=C\C(=O)O)c1ccccc1. The molecule has 1 aromatic rings. The van der Waals surface area contributed by atoms with Gasteiger partial charge < -0.3 is 5.11 Å². The van der Waals surface area contributed by atoms with Crippen molar-refractivity contribution < 1.29 is 14.7 Å². The summed E-state index contributed by atoms with van der Waals surface area (Å²) < 4.78 is 0. The first kappa shape index (κ1) is 12.6. The summed E-state index contributed by atoms with van der Waals surface area (Å²) in [4.78, 5) is 21.3. The Kier molecular flexibility index (Phi) is 4.62. The van der Waals surface area contributed by atoms with Gasteiger partial charge in [0, 0.05) is 12.2 Å². The Morgan fingerprint density at radius 3 is 2.47 bits per heavy atom. The quantitative estimate of drug-likeness (QED) is 0.464. The highest BCUT2D eigenvalue weighted by Gasteiger charge is 1.97. The second-order valence-electron chi connectivity index (χ2n) is 3.21. The summed E-state index contributed by atoms with van der Waals surface area (Å²) in [5, 5.41) is 12.2. The van der Waals surface area contributed by atoms with Gasteiger partial charge in [0.15, 0.2) is 0 Å².